The van der Waals surface area contributed by atoms with E-state index in [1.54, 1.807) is 19.1 Å². The maximum atomic E-state index is 12.5. The largest absolute Gasteiger partial charge is 0.466 e. The molecule has 0 heterocycles. The van der Waals surface area contributed by atoms with Crippen LogP contribution in [0.1, 0.15) is 46.3 Å². The molecule has 1 aromatic rings. The Balaban J connectivity index is 0.000000396. The third kappa shape index (κ3) is 7.24. The maximum absolute atomic E-state index is 12.5. The predicted molar refractivity (Wildman–Crippen MR) is 77.7 cm³/mol. The Kier molecular flexibility index (Phi) is 8.81. The Bertz CT molecular complexity index is 385. The molecule has 0 aliphatic heterocycles. The van der Waals surface area contributed by atoms with E-state index in [9.17, 15) is 14.3 Å². The zero-order valence-electron chi connectivity index (χ0n) is 12.9. The van der Waals surface area contributed by atoms with E-state index >= 15 is 0 Å². The van der Waals surface area contributed by atoms with Crippen molar-refractivity contribution in [1.29, 1.82) is 0 Å². The highest BCUT2D eigenvalue weighted by Crippen LogP contribution is 2.20. The number of carbonyl (C=O) groups is 1. The van der Waals surface area contributed by atoms with Crippen LogP contribution in [0, 0.1) is 17.7 Å². The number of ether oxygens (including phenoxy) is 1. The SMILES string of the molecule is CC(C)[C@H](O)c1ccc(F)cc1.CCOC(=O)C(C)C. The fourth-order valence-corrected chi connectivity index (χ4v) is 1.35. The van der Waals surface area contributed by atoms with Gasteiger partial charge in [-0.05, 0) is 30.5 Å². The molecule has 0 aliphatic carbocycles. The van der Waals surface area contributed by atoms with Crippen molar-refractivity contribution in [3.63, 3.8) is 0 Å². The summed E-state index contributed by atoms with van der Waals surface area (Å²) in [4.78, 5) is 10.5. The summed E-state index contributed by atoms with van der Waals surface area (Å²) in [5.41, 5.74) is 0.770. The molecule has 1 rings (SSSR count). The third-order valence-corrected chi connectivity index (χ3v) is 2.60. The second-order valence-electron chi connectivity index (χ2n) is 5.15. The smallest absolute Gasteiger partial charge is 0.308 e. The lowest BCUT2D eigenvalue weighted by molar-refractivity contribution is -0.146. The minimum Gasteiger partial charge on any atom is -0.466 e. The summed E-state index contributed by atoms with van der Waals surface area (Å²) in [6.07, 6.45) is -0.495. The molecule has 114 valence electrons. The average Bonchev–Trinajstić information content (AvgIpc) is 2.39. The molecular weight excluding hydrogens is 259 g/mol. The second kappa shape index (κ2) is 9.48. The highest BCUT2D eigenvalue weighted by Gasteiger charge is 2.10. The first-order chi connectivity index (χ1) is 9.29. The van der Waals surface area contributed by atoms with Gasteiger partial charge in [0.15, 0.2) is 0 Å². The van der Waals surface area contributed by atoms with E-state index in [0.29, 0.717) is 6.61 Å². The van der Waals surface area contributed by atoms with Crippen molar-refractivity contribution in [3.8, 4) is 0 Å². The number of aliphatic hydroxyl groups is 1. The normalized spacial score (nSPS) is 11.8. The van der Waals surface area contributed by atoms with Crippen LogP contribution >= 0.6 is 0 Å². The lowest BCUT2D eigenvalue weighted by Gasteiger charge is -2.14. The second-order valence-corrected chi connectivity index (χ2v) is 5.15. The van der Waals surface area contributed by atoms with Gasteiger partial charge in [-0.15, -0.1) is 0 Å². The van der Waals surface area contributed by atoms with Gasteiger partial charge in [0, 0.05) is 0 Å². The molecule has 1 aromatic carbocycles. The topological polar surface area (TPSA) is 46.5 Å². The predicted octanol–water partition coefficient (Wildman–Crippen LogP) is 3.72. The Hall–Kier alpha value is -1.42. The first-order valence-electron chi connectivity index (χ1n) is 6.89. The van der Waals surface area contributed by atoms with Crippen molar-refractivity contribution in [2.75, 3.05) is 6.61 Å². The molecule has 4 heteroatoms. The van der Waals surface area contributed by atoms with Gasteiger partial charge >= 0.3 is 5.97 Å². The summed E-state index contributed by atoms with van der Waals surface area (Å²) in [6, 6.07) is 5.95. The Morgan fingerprint density at radius 1 is 1.20 bits per heavy atom. The minimum atomic E-state index is -0.495. The summed E-state index contributed by atoms with van der Waals surface area (Å²) in [7, 11) is 0. The quantitative estimate of drug-likeness (QED) is 0.857. The van der Waals surface area contributed by atoms with Gasteiger partial charge in [0.2, 0.25) is 0 Å². The molecule has 0 saturated carbocycles. The Morgan fingerprint density at radius 2 is 1.70 bits per heavy atom. The first kappa shape index (κ1) is 18.6. The van der Waals surface area contributed by atoms with Gasteiger partial charge in [0.1, 0.15) is 5.82 Å². The van der Waals surface area contributed by atoms with E-state index in [0.717, 1.165) is 5.56 Å². The van der Waals surface area contributed by atoms with E-state index in [1.165, 1.54) is 12.1 Å². The van der Waals surface area contributed by atoms with Gasteiger partial charge in [-0.25, -0.2) is 4.39 Å². The third-order valence-electron chi connectivity index (χ3n) is 2.60. The van der Waals surface area contributed by atoms with Crippen LogP contribution in [-0.4, -0.2) is 17.7 Å². The summed E-state index contributed by atoms with van der Waals surface area (Å²) in [5, 5.41) is 9.57. The van der Waals surface area contributed by atoms with Crippen molar-refractivity contribution in [1.82, 2.24) is 0 Å². The van der Waals surface area contributed by atoms with Crippen LogP contribution < -0.4 is 0 Å². The van der Waals surface area contributed by atoms with E-state index < -0.39 is 6.10 Å². The van der Waals surface area contributed by atoms with E-state index in [-0.39, 0.29) is 23.6 Å². The van der Waals surface area contributed by atoms with Crippen LogP contribution in [0.3, 0.4) is 0 Å². The minimum absolute atomic E-state index is 0.00921. The van der Waals surface area contributed by atoms with Gasteiger partial charge in [-0.1, -0.05) is 39.8 Å². The highest BCUT2D eigenvalue weighted by atomic mass is 19.1. The number of esters is 1. The number of aliphatic hydroxyl groups excluding tert-OH is 1. The highest BCUT2D eigenvalue weighted by molar-refractivity contribution is 5.71. The van der Waals surface area contributed by atoms with Crippen LogP contribution in [0.15, 0.2) is 24.3 Å². The monoisotopic (exact) mass is 284 g/mol. The van der Waals surface area contributed by atoms with Crippen molar-refractivity contribution in [2.24, 2.45) is 11.8 Å². The summed E-state index contributed by atoms with van der Waals surface area (Å²) in [6.45, 7) is 9.77. The van der Waals surface area contributed by atoms with Crippen LogP contribution in [0.5, 0.6) is 0 Å². The van der Waals surface area contributed by atoms with Gasteiger partial charge in [-0.2, -0.15) is 0 Å². The van der Waals surface area contributed by atoms with Crippen molar-refractivity contribution < 1.29 is 19.0 Å². The Labute approximate surface area is 120 Å². The molecule has 0 fully saturated rings. The zero-order valence-corrected chi connectivity index (χ0v) is 12.9. The van der Waals surface area contributed by atoms with Gasteiger partial charge in [0.25, 0.3) is 0 Å². The van der Waals surface area contributed by atoms with Gasteiger partial charge in [-0.3, -0.25) is 4.79 Å². The lowest BCUT2D eigenvalue weighted by atomic mass is 9.99. The standard InChI is InChI=1S/C10H13FO.C6H12O2/c1-7(2)10(12)8-3-5-9(11)6-4-8;1-4-8-6(7)5(2)3/h3-7,10,12H,1-2H3;5H,4H2,1-3H3/t10-;/m0./s1. The summed E-state index contributed by atoms with van der Waals surface area (Å²) >= 11 is 0. The van der Waals surface area contributed by atoms with Gasteiger partial charge in [0.05, 0.1) is 18.6 Å². The van der Waals surface area contributed by atoms with Crippen molar-refractivity contribution in [3.05, 3.63) is 35.6 Å². The number of carbonyl (C=O) groups excluding carboxylic acids is 1. The molecule has 0 aliphatic rings. The molecule has 0 amide bonds. The number of halogens is 1. The number of benzene rings is 1. The number of hydrogen-bond donors (Lipinski definition) is 1. The zero-order chi connectivity index (χ0) is 15.7. The Morgan fingerprint density at radius 3 is 2.00 bits per heavy atom. The summed E-state index contributed by atoms with van der Waals surface area (Å²) < 4.78 is 17.1. The van der Waals surface area contributed by atoms with E-state index in [2.05, 4.69) is 4.74 Å². The van der Waals surface area contributed by atoms with Crippen LogP contribution in [-0.2, 0) is 9.53 Å². The average molecular weight is 284 g/mol. The van der Waals surface area contributed by atoms with Crippen LogP contribution in [0.25, 0.3) is 0 Å². The molecule has 0 saturated heterocycles. The fraction of sp³-hybridized carbons (Fsp3) is 0.562. The molecule has 20 heavy (non-hydrogen) atoms. The molecule has 0 bridgehead atoms. The molecule has 1 atom stereocenters. The molecule has 0 aromatic heterocycles. The molecule has 0 radical (unpaired) electrons. The molecule has 0 unspecified atom stereocenters. The maximum Gasteiger partial charge on any atom is 0.308 e. The molecule has 0 spiro atoms. The van der Waals surface area contributed by atoms with Gasteiger partial charge < -0.3 is 9.84 Å². The van der Waals surface area contributed by atoms with Crippen LogP contribution in [0.4, 0.5) is 4.39 Å². The molecule has 3 nitrogen and oxygen atoms in total. The van der Waals surface area contributed by atoms with Crippen molar-refractivity contribution in [2.45, 2.75) is 40.7 Å². The van der Waals surface area contributed by atoms with E-state index in [1.807, 2.05) is 27.7 Å². The molecule has 1 N–H and O–H groups in total. The first-order valence-corrected chi connectivity index (χ1v) is 6.89. The van der Waals surface area contributed by atoms with Crippen LogP contribution in [0.2, 0.25) is 0 Å². The number of hydrogen-bond acceptors (Lipinski definition) is 3. The number of rotatable bonds is 4. The summed E-state index contributed by atoms with van der Waals surface area (Å²) in [5.74, 6) is -0.215. The van der Waals surface area contributed by atoms with E-state index in [4.69, 9.17) is 0 Å². The molecular formula is C16H25FO3. The van der Waals surface area contributed by atoms with Crippen molar-refractivity contribution >= 4 is 5.97 Å². The fourth-order valence-electron chi connectivity index (χ4n) is 1.35. The lowest BCUT2D eigenvalue weighted by Crippen LogP contribution is -2.10.